The maximum Gasteiger partial charge on any atom is 0.162 e. The van der Waals surface area contributed by atoms with Gasteiger partial charge in [0.1, 0.15) is 0 Å². The predicted molar refractivity (Wildman–Crippen MR) is 73.3 cm³/mol. The van der Waals surface area contributed by atoms with Gasteiger partial charge >= 0.3 is 0 Å². The number of rotatable bonds is 5. The molecule has 19 heavy (non-hydrogen) atoms. The monoisotopic (exact) mass is 285 g/mol. The van der Waals surface area contributed by atoms with Gasteiger partial charge in [-0.25, -0.2) is 0 Å². The molecule has 0 saturated carbocycles. The molecular formula is C13H19NO4S. The molecule has 1 heterocycles. The van der Waals surface area contributed by atoms with Crippen LogP contribution in [0, 0.1) is 0 Å². The first kappa shape index (κ1) is 14.3. The molecule has 0 aliphatic carbocycles. The van der Waals surface area contributed by atoms with E-state index in [1.807, 2.05) is 0 Å². The minimum Gasteiger partial charge on any atom is -0.490 e. The van der Waals surface area contributed by atoms with Crippen LogP contribution in [0.2, 0.25) is 0 Å². The van der Waals surface area contributed by atoms with E-state index in [1.54, 1.807) is 25.2 Å². The summed E-state index contributed by atoms with van der Waals surface area (Å²) in [6, 6.07) is 5.27. The number of hydrogen-bond acceptors (Lipinski definition) is 5. The molecule has 2 N–H and O–H groups in total. The maximum atomic E-state index is 12.1. The van der Waals surface area contributed by atoms with Gasteiger partial charge in [-0.1, -0.05) is 0 Å². The summed E-state index contributed by atoms with van der Waals surface area (Å²) < 4.78 is 23.2. The van der Waals surface area contributed by atoms with Crippen molar-refractivity contribution in [2.24, 2.45) is 0 Å². The minimum absolute atomic E-state index is 0.209. The van der Waals surface area contributed by atoms with Gasteiger partial charge in [0.2, 0.25) is 0 Å². The largest absolute Gasteiger partial charge is 0.490 e. The van der Waals surface area contributed by atoms with Crippen LogP contribution >= 0.6 is 0 Å². The van der Waals surface area contributed by atoms with Crippen molar-refractivity contribution in [2.75, 3.05) is 32.6 Å². The van der Waals surface area contributed by atoms with E-state index in [1.165, 1.54) is 0 Å². The molecule has 2 unspecified atom stereocenters. The third-order valence-electron chi connectivity index (χ3n) is 2.77. The first-order valence-electron chi connectivity index (χ1n) is 6.31. The first-order chi connectivity index (χ1) is 9.20. The Hall–Kier alpha value is -1.11. The lowest BCUT2D eigenvalue weighted by molar-refractivity contribution is 0.198. The van der Waals surface area contributed by atoms with E-state index in [0.29, 0.717) is 36.2 Å². The molecule has 0 fully saturated rings. The van der Waals surface area contributed by atoms with Gasteiger partial charge in [0.05, 0.1) is 35.9 Å². The van der Waals surface area contributed by atoms with Crippen LogP contribution in [0.5, 0.6) is 11.5 Å². The fourth-order valence-electron chi connectivity index (χ4n) is 1.85. The zero-order chi connectivity index (χ0) is 13.7. The van der Waals surface area contributed by atoms with Crippen LogP contribution in [-0.4, -0.2) is 48.0 Å². The summed E-state index contributed by atoms with van der Waals surface area (Å²) in [5, 5.41) is 12.5. The van der Waals surface area contributed by atoms with Gasteiger partial charge in [-0.15, -0.1) is 0 Å². The van der Waals surface area contributed by atoms with Crippen molar-refractivity contribution in [1.82, 2.24) is 5.32 Å². The average molecular weight is 285 g/mol. The van der Waals surface area contributed by atoms with Crippen LogP contribution < -0.4 is 14.8 Å². The van der Waals surface area contributed by atoms with E-state index >= 15 is 0 Å². The highest BCUT2D eigenvalue weighted by Gasteiger charge is 2.15. The van der Waals surface area contributed by atoms with Gasteiger partial charge in [0, 0.05) is 23.9 Å². The number of ether oxygens (including phenoxy) is 2. The SMILES string of the molecule is CNCC(O)CS(=O)c1ccc2c(c1)OCCCO2. The van der Waals surface area contributed by atoms with Crippen molar-refractivity contribution in [3.8, 4) is 11.5 Å². The molecule has 2 atom stereocenters. The number of benzene rings is 1. The van der Waals surface area contributed by atoms with Crippen LogP contribution in [0.15, 0.2) is 23.1 Å². The Morgan fingerprint density at radius 1 is 1.37 bits per heavy atom. The van der Waals surface area contributed by atoms with Crippen LogP contribution in [0.1, 0.15) is 6.42 Å². The molecule has 1 aromatic carbocycles. The fraction of sp³-hybridized carbons (Fsp3) is 0.538. The lowest BCUT2D eigenvalue weighted by atomic mass is 10.3. The average Bonchev–Trinajstić information content (AvgIpc) is 2.63. The van der Waals surface area contributed by atoms with Crippen molar-refractivity contribution in [1.29, 1.82) is 0 Å². The van der Waals surface area contributed by atoms with E-state index < -0.39 is 16.9 Å². The zero-order valence-electron chi connectivity index (χ0n) is 10.9. The summed E-state index contributed by atoms with van der Waals surface area (Å²) in [5.41, 5.74) is 0. The van der Waals surface area contributed by atoms with Gasteiger partial charge in [0.25, 0.3) is 0 Å². The number of aliphatic hydroxyl groups is 1. The summed E-state index contributed by atoms with van der Waals surface area (Å²) in [7, 11) is 0.505. The van der Waals surface area contributed by atoms with Crippen LogP contribution in [0.3, 0.4) is 0 Å². The van der Waals surface area contributed by atoms with Gasteiger partial charge in [-0.05, 0) is 19.2 Å². The summed E-state index contributed by atoms with van der Waals surface area (Å²) in [6.45, 7) is 1.66. The van der Waals surface area contributed by atoms with Crippen molar-refractivity contribution >= 4 is 10.8 Å². The lowest BCUT2D eigenvalue weighted by Gasteiger charge is -2.11. The Morgan fingerprint density at radius 2 is 2.11 bits per heavy atom. The van der Waals surface area contributed by atoms with Crippen LogP contribution in [-0.2, 0) is 10.8 Å². The van der Waals surface area contributed by atoms with Crippen molar-refractivity contribution in [3.63, 3.8) is 0 Å². The molecule has 0 aromatic heterocycles. The number of aliphatic hydroxyl groups excluding tert-OH is 1. The van der Waals surface area contributed by atoms with Crippen LogP contribution in [0.4, 0.5) is 0 Å². The highest BCUT2D eigenvalue weighted by molar-refractivity contribution is 7.85. The summed E-state index contributed by atoms with van der Waals surface area (Å²) in [4.78, 5) is 0.652. The topological polar surface area (TPSA) is 67.8 Å². The molecule has 6 heteroatoms. The Bertz CT molecular complexity index is 452. The highest BCUT2D eigenvalue weighted by Crippen LogP contribution is 2.31. The second kappa shape index (κ2) is 6.88. The summed E-state index contributed by atoms with van der Waals surface area (Å²) in [5.74, 6) is 1.53. The maximum absolute atomic E-state index is 12.1. The Labute approximate surface area is 115 Å². The second-order valence-electron chi connectivity index (χ2n) is 4.38. The van der Waals surface area contributed by atoms with Gasteiger partial charge in [-0.3, -0.25) is 4.21 Å². The number of fused-ring (bicyclic) bond motifs is 1. The van der Waals surface area contributed by atoms with E-state index in [4.69, 9.17) is 9.47 Å². The second-order valence-corrected chi connectivity index (χ2v) is 5.88. The summed E-state index contributed by atoms with van der Waals surface area (Å²) >= 11 is 0. The van der Waals surface area contributed by atoms with Crippen LogP contribution in [0.25, 0.3) is 0 Å². The molecule has 5 nitrogen and oxygen atoms in total. The van der Waals surface area contributed by atoms with E-state index in [-0.39, 0.29) is 5.75 Å². The van der Waals surface area contributed by atoms with Crippen molar-refractivity contribution in [3.05, 3.63) is 18.2 Å². The lowest BCUT2D eigenvalue weighted by Crippen LogP contribution is -2.28. The molecule has 106 valence electrons. The van der Waals surface area contributed by atoms with Crippen molar-refractivity contribution < 1.29 is 18.8 Å². The Balaban J connectivity index is 2.08. The predicted octanol–water partition coefficient (Wildman–Crippen LogP) is 0.536. The van der Waals surface area contributed by atoms with E-state index in [2.05, 4.69) is 5.32 Å². The molecule has 0 bridgehead atoms. The Kier molecular flexibility index (Phi) is 5.18. The minimum atomic E-state index is -1.24. The smallest absolute Gasteiger partial charge is 0.162 e. The number of hydrogen-bond donors (Lipinski definition) is 2. The zero-order valence-corrected chi connectivity index (χ0v) is 11.7. The summed E-state index contributed by atoms with van der Waals surface area (Å²) in [6.07, 6.45) is 0.218. The first-order valence-corrected chi connectivity index (χ1v) is 7.63. The molecule has 1 aromatic rings. The molecule has 2 rings (SSSR count). The quantitative estimate of drug-likeness (QED) is 0.826. The third kappa shape index (κ3) is 3.92. The number of likely N-dealkylation sites (N-methyl/N-ethyl adjacent to an activating group) is 1. The van der Waals surface area contributed by atoms with Gasteiger partial charge < -0.3 is 19.9 Å². The molecule has 0 radical (unpaired) electrons. The Morgan fingerprint density at radius 3 is 2.84 bits per heavy atom. The normalized spacial score (nSPS) is 17.6. The van der Waals surface area contributed by atoms with Gasteiger partial charge in [-0.2, -0.15) is 0 Å². The fourth-order valence-corrected chi connectivity index (χ4v) is 2.97. The highest BCUT2D eigenvalue weighted by atomic mass is 32.2. The molecule has 0 amide bonds. The molecule has 1 aliphatic rings. The van der Waals surface area contributed by atoms with E-state index in [0.717, 1.165) is 6.42 Å². The number of nitrogens with one attached hydrogen (secondary N) is 1. The molecular weight excluding hydrogens is 266 g/mol. The van der Waals surface area contributed by atoms with Crippen molar-refractivity contribution in [2.45, 2.75) is 17.4 Å². The molecule has 0 spiro atoms. The standard InChI is InChI=1S/C13H19NO4S/c1-14-8-10(15)9-19(16)11-3-4-12-13(7-11)18-6-2-5-17-12/h3-4,7,10,14-15H,2,5-6,8-9H2,1H3. The molecule has 0 saturated heterocycles. The third-order valence-corrected chi connectivity index (χ3v) is 4.23. The van der Waals surface area contributed by atoms with E-state index in [9.17, 15) is 9.32 Å². The van der Waals surface area contributed by atoms with Gasteiger partial charge in [0.15, 0.2) is 11.5 Å². The molecule has 1 aliphatic heterocycles.